The predicted molar refractivity (Wildman–Crippen MR) is 120 cm³/mol. The van der Waals surface area contributed by atoms with Crippen molar-refractivity contribution in [2.75, 3.05) is 13.2 Å². The molecule has 1 amide bonds. The number of halogens is 4. The number of nitrogens with two attached hydrogens (primary N) is 2. The fourth-order valence-electron chi connectivity index (χ4n) is 3.81. The summed E-state index contributed by atoms with van der Waals surface area (Å²) in [6.07, 6.45) is 0. The van der Waals surface area contributed by atoms with Crippen molar-refractivity contribution in [2.45, 2.75) is 17.9 Å². The van der Waals surface area contributed by atoms with Crippen LogP contribution in [0.15, 0.2) is 42.5 Å². The lowest BCUT2D eigenvalue weighted by Gasteiger charge is -2.29. The van der Waals surface area contributed by atoms with Crippen molar-refractivity contribution in [3.05, 3.63) is 81.0 Å². The number of aliphatic hydroxyl groups is 1. The average Bonchev–Trinajstić information content (AvgIpc) is 3.15. The quantitative estimate of drug-likeness (QED) is 0.469. The minimum absolute atomic E-state index is 0.00107. The number of amides is 1. The Labute approximate surface area is 198 Å². The number of benzene rings is 2. The number of hydrogen-bond acceptors (Lipinski definition) is 5. The standard InChI is InChI=1S/C23H19Cl2F2N3O3/c1-22(21(29)31)10-33-20-14(22)8-16(23(32,9-28)11-3-2-4-12(26)7-11)30-19(20)13-5-6-15(27)18(25)17(13)24/h2-8,32H,9-10,28H2,1H3,(H2,29,31)/t22-,23+/m0/s1. The molecular weight excluding hydrogens is 475 g/mol. The highest BCUT2D eigenvalue weighted by atomic mass is 35.5. The van der Waals surface area contributed by atoms with E-state index < -0.39 is 28.6 Å². The summed E-state index contributed by atoms with van der Waals surface area (Å²) in [4.78, 5) is 16.9. The second kappa shape index (κ2) is 8.22. The molecule has 0 saturated heterocycles. The lowest BCUT2D eigenvalue weighted by atomic mass is 9.81. The van der Waals surface area contributed by atoms with E-state index in [1.54, 1.807) is 6.92 Å². The molecule has 0 spiro atoms. The van der Waals surface area contributed by atoms with Gasteiger partial charge in [-0.3, -0.25) is 4.79 Å². The summed E-state index contributed by atoms with van der Waals surface area (Å²) >= 11 is 12.3. The number of ether oxygens (including phenoxy) is 1. The van der Waals surface area contributed by atoms with E-state index in [4.69, 9.17) is 39.4 Å². The number of carbonyl (C=O) groups is 1. The molecule has 0 fully saturated rings. The van der Waals surface area contributed by atoms with Crippen LogP contribution in [0.2, 0.25) is 10.0 Å². The molecule has 1 aliphatic rings. The Kier molecular flexibility index (Phi) is 5.82. The van der Waals surface area contributed by atoms with Gasteiger partial charge in [-0.05, 0) is 42.8 Å². The normalized spacial score (nSPS) is 19.0. The number of fused-ring (bicyclic) bond motifs is 1. The maximum Gasteiger partial charge on any atom is 0.231 e. The van der Waals surface area contributed by atoms with Crippen LogP contribution in [-0.2, 0) is 15.8 Å². The Hall–Kier alpha value is -2.78. The molecule has 172 valence electrons. The summed E-state index contributed by atoms with van der Waals surface area (Å²) in [6, 6.07) is 9.18. The van der Waals surface area contributed by atoms with Gasteiger partial charge in [-0.15, -0.1) is 0 Å². The molecule has 0 bridgehead atoms. The van der Waals surface area contributed by atoms with Crippen molar-refractivity contribution in [1.82, 2.24) is 4.98 Å². The van der Waals surface area contributed by atoms with Crippen molar-refractivity contribution in [3.63, 3.8) is 0 Å². The lowest BCUT2D eigenvalue weighted by Crippen LogP contribution is -2.41. The summed E-state index contributed by atoms with van der Waals surface area (Å²) in [5, 5.41) is 11.1. The number of nitrogens with zero attached hydrogens (tertiary/aromatic N) is 1. The largest absolute Gasteiger partial charge is 0.489 e. The SMILES string of the molecule is C[C@]1(C(N)=O)COc2c1cc([C@@](O)(CN)c1cccc(F)c1)nc2-c1ccc(F)c(Cl)c1Cl. The molecule has 2 aromatic carbocycles. The van der Waals surface area contributed by atoms with Gasteiger partial charge in [0.25, 0.3) is 0 Å². The number of aromatic nitrogens is 1. The summed E-state index contributed by atoms with van der Waals surface area (Å²) < 4.78 is 33.7. The third-order valence-corrected chi connectivity index (χ3v) is 6.79. The minimum atomic E-state index is -1.94. The first kappa shape index (κ1) is 23.4. The molecule has 1 aromatic heterocycles. The molecule has 10 heteroatoms. The van der Waals surface area contributed by atoms with E-state index in [2.05, 4.69) is 4.98 Å². The van der Waals surface area contributed by atoms with Crippen LogP contribution in [0.4, 0.5) is 8.78 Å². The topological polar surface area (TPSA) is 111 Å². The van der Waals surface area contributed by atoms with Gasteiger partial charge in [0.1, 0.15) is 40.7 Å². The molecule has 5 N–H and O–H groups in total. The molecule has 2 heterocycles. The van der Waals surface area contributed by atoms with Crippen molar-refractivity contribution < 1.29 is 23.4 Å². The minimum Gasteiger partial charge on any atom is -0.489 e. The van der Waals surface area contributed by atoms with Gasteiger partial charge >= 0.3 is 0 Å². The highest BCUT2D eigenvalue weighted by Crippen LogP contribution is 2.48. The second-order valence-corrected chi connectivity index (χ2v) is 8.77. The van der Waals surface area contributed by atoms with E-state index in [1.165, 1.54) is 30.3 Å². The highest BCUT2D eigenvalue weighted by Gasteiger charge is 2.46. The van der Waals surface area contributed by atoms with Crippen LogP contribution in [0.5, 0.6) is 5.75 Å². The van der Waals surface area contributed by atoms with Crippen LogP contribution in [0, 0.1) is 11.6 Å². The van der Waals surface area contributed by atoms with Crippen LogP contribution < -0.4 is 16.2 Å². The van der Waals surface area contributed by atoms with E-state index in [1.807, 2.05) is 0 Å². The second-order valence-electron chi connectivity index (χ2n) is 8.02. The van der Waals surface area contributed by atoms with Crippen molar-refractivity contribution >= 4 is 29.1 Å². The molecule has 0 unspecified atom stereocenters. The lowest BCUT2D eigenvalue weighted by molar-refractivity contribution is -0.123. The predicted octanol–water partition coefficient (Wildman–Crippen LogP) is 3.66. The van der Waals surface area contributed by atoms with Crippen LogP contribution in [-0.4, -0.2) is 29.1 Å². The summed E-state index contributed by atoms with van der Waals surface area (Å²) in [7, 11) is 0. The highest BCUT2D eigenvalue weighted by molar-refractivity contribution is 6.43. The van der Waals surface area contributed by atoms with Gasteiger partial charge < -0.3 is 21.3 Å². The zero-order chi connectivity index (χ0) is 24.1. The van der Waals surface area contributed by atoms with Gasteiger partial charge in [-0.2, -0.15) is 0 Å². The van der Waals surface area contributed by atoms with E-state index in [0.29, 0.717) is 5.56 Å². The maximum absolute atomic E-state index is 14.0. The summed E-state index contributed by atoms with van der Waals surface area (Å²) in [6.45, 7) is 1.12. The molecule has 6 nitrogen and oxygen atoms in total. The van der Waals surface area contributed by atoms with Gasteiger partial charge in [0.15, 0.2) is 0 Å². The van der Waals surface area contributed by atoms with Gasteiger partial charge in [-0.25, -0.2) is 13.8 Å². The molecule has 4 rings (SSSR count). The molecule has 33 heavy (non-hydrogen) atoms. The number of hydrogen-bond donors (Lipinski definition) is 3. The van der Waals surface area contributed by atoms with Crippen LogP contribution in [0.3, 0.4) is 0 Å². The van der Waals surface area contributed by atoms with Gasteiger partial charge in [0.2, 0.25) is 5.91 Å². The first-order valence-corrected chi connectivity index (χ1v) is 10.6. The first-order chi connectivity index (χ1) is 15.5. The van der Waals surface area contributed by atoms with Gasteiger partial charge in [0, 0.05) is 17.7 Å². The Balaban J connectivity index is 2.06. The molecule has 0 radical (unpaired) electrons. The van der Waals surface area contributed by atoms with Crippen LogP contribution in [0.25, 0.3) is 11.3 Å². The summed E-state index contributed by atoms with van der Waals surface area (Å²) in [5.74, 6) is -1.81. The fourth-order valence-corrected chi connectivity index (χ4v) is 4.21. The smallest absolute Gasteiger partial charge is 0.231 e. The number of rotatable bonds is 5. The van der Waals surface area contributed by atoms with E-state index in [9.17, 15) is 18.7 Å². The zero-order valence-corrected chi connectivity index (χ0v) is 18.8. The molecule has 1 aliphatic heterocycles. The van der Waals surface area contributed by atoms with Crippen LogP contribution in [0.1, 0.15) is 23.7 Å². The van der Waals surface area contributed by atoms with E-state index in [0.717, 1.165) is 12.1 Å². The van der Waals surface area contributed by atoms with Crippen molar-refractivity contribution in [1.29, 1.82) is 0 Å². The number of primary amides is 1. The fraction of sp³-hybridized carbons (Fsp3) is 0.217. The zero-order valence-electron chi connectivity index (χ0n) is 17.3. The Morgan fingerprint density at radius 3 is 2.61 bits per heavy atom. The van der Waals surface area contributed by atoms with Crippen molar-refractivity contribution in [2.24, 2.45) is 11.5 Å². The monoisotopic (exact) mass is 493 g/mol. The summed E-state index contributed by atoms with van der Waals surface area (Å²) in [5.41, 5.74) is 9.15. The molecular formula is C23H19Cl2F2N3O3. The van der Waals surface area contributed by atoms with E-state index >= 15 is 0 Å². The van der Waals surface area contributed by atoms with Crippen LogP contribution >= 0.6 is 23.2 Å². The van der Waals surface area contributed by atoms with Crippen molar-refractivity contribution in [3.8, 4) is 17.0 Å². The Morgan fingerprint density at radius 1 is 1.24 bits per heavy atom. The number of pyridine rings is 1. The number of carbonyl (C=O) groups excluding carboxylic acids is 1. The Morgan fingerprint density at radius 2 is 1.97 bits per heavy atom. The molecule has 0 saturated carbocycles. The molecule has 0 aliphatic carbocycles. The average molecular weight is 494 g/mol. The molecule has 3 aromatic rings. The van der Waals surface area contributed by atoms with Gasteiger partial charge in [-0.1, -0.05) is 35.3 Å². The molecule has 2 atom stereocenters. The van der Waals surface area contributed by atoms with E-state index in [-0.39, 0.29) is 51.5 Å². The third-order valence-electron chi connectivity index (χ3n) is 5.93. The Bertz CT molecular complexity index is 1290. The van der Waals surface area contributed by atoms with Gasteiger partial charge in [0.05, 0.1) is 15.7 Å². The first-order valence-electron chi connectivity index (χ1n) is 9.84. The maximum atomic E-state index is 14.0. The third kappa shape index (κ3) is 3.63.